The van der Waals surface area contributed by atoms with E-state index in [1.807, 2.05) is 18.2 Å². The molecule has 0 bridgehead atoms. The molecule has 1 aromatic rings. The Kier molecular flexibility index (Phi) is 6.96. The van der Waals surface area contributed by atoms with Gasteiger partial charge < -0.3 is 9.47 Å². The van der Waals surface area contributed by atoms with Crippen LogP contribution in [0.25, 0.3) is 0 Å². The first kappa shape index (κ1) is 14.3. The molecule has 0 fully saturated rings. The first-order chi connectivity index (χ1) is 8.26. The molecule has 0 spiro atoms. The molecule has 0 aliphatic rings. The monoisotopic (exact) mass is 258 g/mol. The summed E-state index contributed by atoms with van der Waals surface area (Å²) in [7, 11) is 1.69. The zero-order chi connectivity index (χ0) is 12.5. The Morgan fingerprint density at radius 3 is 2.94 bits per heavy atom. The summed E-state index contributed by atoms with van der Waals surface area (Å²) in [6.45, 7) is 1.25. The molecule has 0 amide bonds. The number of ether oxygens (including phenoxy) is 2. The molecule has 0 saturated heterocycles. The van der Waals surface area contributed by atoms with Crippen molar-refractivity contribution in [3.63, 3.8) is 0 Å². The highest BCUT2D eigenvalue weighted by atomic mass is 35.5. The summed E-state index contributed by atoms with van der Waals surface area (Å²) >= 11 is 5.86. The lowest BCUT2D eigenvalue weighted by atomic mass is 10.2. The third-order valence-electron chi connectivity index (χ3n) is 2.38. The van der Waals surface area contributed by atoms with Crippen molar-refractivity contribution in [3.05, 3.63) is 29.3 Å². The highest BCUT2D eigenvalue weighted by Crippen LogP contribution is 2.17. The van der Waals surface area contributed by atoms with Crippen LogP contribution in [0.15, 0.2) is 24.3 Å². The van der Waals surface area contributed by atoms with Crippen LogP contribution >= 0.6 is 11.6 Å². The van der Waals surface area contributed by atoms with Crippen LogP contribution in [0, 0.1) is 0 Å². The first-order valence-corrected chi connectivity index (χ1v) is 5.97. The molecule has 1 rings (SSSR count). The molecule has 1 atom stereocenters. The van der Waals surface area contributed by atoms with E-state index in [-0.39, 0.29) is 6.04 Å². The van der Waals surface area contributed by atoms with E-state index in [0.717, 1.165) is 25.2 Å². The average Bonchev–Trinajstić information content (AvgIpc) is 2.34. The molecule has 0 heterocycles. The molecular formula is C12H19ClN2O2. The van der Waals surface area contributed by atoms with Crippen LogP contribution in [0.5, 0.6) is 5.75 Å². The summed E-state index contributed by atoms with van der Waals surface area (Å²) in [5.74, 6) is 6.21. The van der Waals surface area contributed by atoms with Crippen LogP contribution in [-0.2, 0) is 4.74 Å². The Balaban J connectivity index is 2.31. The van der Waals surface area contributed by atoms with Crippen molar-refractivity contribution in [2.24, 2.45) is 5.84 Å². The maximum atomic E-state index is 5.86. The molecule has 0 aliphatic heterocycles. The van der Waals surface area contributed by atoms with Gasteiger partial charge in [0.15, 0.2) is 0 Å². The molecule has 4 nitrogen and oxygen atoms in total. The lowest BCUT2D eigenvalue weighted by Crippen LogP contribution is -2.39. The normalized spacial score (nSPS) is 12.4. The van der Waals surface area contributed by atoms with Crippen molar-refractivity contribution in [1.29, 1.82) is 0 Å². The molecule has 0 radical (unpaired) electrons. The minimum atomic E-state index is 0.115. The van der Waals surface area contributed by atoms with Crippen LogP contribution in [-0.4, -0.2) is 26.4 Å². The van der Waals surface area contributed by atoms with Crippen molar-refractivity contribution in [3.8, 4) is 5.75 Å². The highest BCUT2D eigenvalue weighted by Gasteiger charge is 2.07. The lowest BCUT2D eigenvalue weighted by Gasteiger charge is -2.16. The summed E-state index contributed by atoms with van der Waals surface area (Å²) < 4.78 is 10.6. The van der Waals surface area contributed by atoms with E-state index in [0.29, 0.717) is 11.6 Å². The largest absolute Gasteiger partial charge is 0.492 e. The van der Waals surface area contributed by atoms with Crippen LogP contribution in [0.1, 0.15) is 12.8 Å². The van der Waals surface area contributed by atoms with E-state index < -0.39 is 0 Å². The molecule has 0 aromatic heterocycles. The zero-order valence-electron chi connectivity index (χ0n) is 9.99. The van der Waals surface area contributed by atoms with Crippen LogP contribution in [0.4, 0.5) is 0 Å². The molecule has 0 aliphatic carbocycles. The zero-order valence-corrected chi connectivity index (χ0v) is 10.7. The first-order valence-electron chi connectivity index (χ1n) is 5.59. The van der Waals surface area contributed by atoms with Crippen LogP contribution in [0.2, 0.25) is 5.02 Å². The van der Waals surface area contributed by atoms with E-state index >= 15 is 0 Å². The molecular weight excluding hydrogens is 240 g/mol. The summed E-state index contributed by atoms with van der Waals surface area (Å²) in [6, 6.07) is 7.43. The number of rotatable bonds is 8. The van der Waals surface area contributed by atoms with Crippen molar-refractivity contribution in [2.75, 3.05) is 20.3 Å². The standard InChI is InChI=1S/C12H19ClN2O2/c1-16-7-3-5-11(15-14)9-17-12-6-2-4-10(13)8-12/h2,4,6,8,11,15H,3,5,7,9,14H2,1H3. The lowest BCUT2D eigenvalue weighted by molar-refractivity contribution is 0.180. The van der Waals surface area contributed by atoms with Crippen molar-refractivity contribution in [1.82, 2.24) is 5.43 Å². The number of methoxy groups -OCH3 is 1. The number of hydrogen-bond acceptors (Lipinski definition) is 4. The average molecular weight is 259 g/mol. The van der Waals surface area contributed by atoms with Gasteiger partial charge in [-0.1, -0.05) is 17.7 Å². The Bertz CT molecular complexity index is 323. The third kappa shape index (κ3) is 5.89. The Labute approximate surface area is 107 Å². The van der Waals surface area contributed by atoms with Crippen molar-refractivity contribution >= 4 is 11.6 Å². The fourth-order valence-corrected chi connectivity index (χ4v) is 1.62. The van der Waals surface area contributed by atoms with Gasteiger partial charge in [-0.25, -0.2) is 0 Å². The smallest absolute Gasteiger partial charge is 0.120 e. The summed E-state index contributed by atoms with van der Waals surface area (Å²) in [4.78, 5) is 0. The van der Waals surface area contributed by atoms with E-state index in [9.17, 15) is 0 Å². The van der Waals surface area contributed by atoms with Gasteiger partial charge in [-0.05, 0) is 31.0 Å². The second-order valence-electron chi connectivity index (χ2n) is 3.77. The quantitative estimate of drug-likeness (QED) is 0.425. The maximum Gasteiger partial charge on any atom is 0.120 e. The number of hydrogen-bond donors (Lipinski definition) is 2. The van der Waals surface area contributed by atoms with Gasteiger partial charge in [0.05, 0.1) is 6.04 Å². The molecule has 5 heteroatoms. The number of nitrogens with one attached hydrogen (secondary N) is 1. The SMILES string of the molecule is COCCCC(COc1cccc(Cl)c1)NN. The van der Waals surface area contributed by atoms with E-state index in [2.05, 4.69) is 5.43 Å². The van der Waals surface area contributed by atoms with Gasteiger partial charge in [0, 0.05) is 18.7 Å². The van der Waals surface area contributed by atoms with Gasteiger partial charge in [-0.3, -0.25) is 11.3 Å². The predicted molar refractivity (Wildman–Crippen MR) is 69.2 cm³/mol. The molecule has 0 saturated carbocycles. The van der Waals surface area contributed by atoms with Gasteiger partial charge in [0.1, 0.15) is 12.4 Å². The summed E-state index contributed by atoms with van der Waals surface area (Å²) in [6.07, 6.45) is 1.86. The Morgan fingerprint density at radius 1 is 1.47 bits per heavy atom. The second-order valence-corrected chi connectivity index (χ2v) is 4.20. The number of hydrazine groups is 1. The predicted octanol–water partition coefficient (Wildman–Crippen LogP) is 1.98. The van der Waals surface area contributed by atoms with E-state index in [1.165, 1.54) is 0 Å². The van der Waals surface area contributed by atoms with Crippen LogP contribution in [0.3, 0.4) is 0 Å². The molecule has 1 aromatic carbocycles. The Hall–Kier alpha value is -0.810. The summed E-state index contributed by atoms with van der Waals surface area (Å²) in [5, 5.41) is 0.666. The number of nitrogens with two attached hydrogens (primary N) is 1. The Morgan fingerprint density at radius 2 is 2.29 bits per heavy atom. The van der Waals surface area contributed by atoms with Gasteiger partial charge in [0.25, 0.3) is 0 Å². The molecule has 96 valence electrons. The molecule has 1 unspecified atom stereocenters. The van der Waals surface area contributed by atoms with Crippen molar-refractivity contribution < 1.29 is 9.47 Å². The third-order valence-corrected chi connectivity index (χ3v) is 2.62. The van der Waals surface area contributed by atoms with E-state index in [4.69, 9.17) is 26.9 Å². The van der Waals surface area contributed by atoms with Gasteiger partial charge in [0.2, 0.25) is 0 Å². The highest BCUT2D eigenvalue weighted by molar-refractivity contribution is 6.30. The molecule has 17 heavy (non-hydrogen) atoms. The van der Waals surface area contributed by atoms with Gasteiger partial charge >= 0.3 is 0 Å². The van der Waals surface area contributed by atoms with Crippen molar-refractivity contribution in [2.45, 2.75) is 18.9 Å². The minimum absolute atomic E-state index is 0.115. The van der Waals surface area contributed by atoms with E-state index in [1.54, 1.807) is 13.2 Å². The fourth-order valence-electron chi connectivity index (χ4n) is 1.44. The maximum absolute atomic E-state index is 5.86. The van der Waals surface area contributed by atoms with Crippen LogP contribution < -0.4 is 16.0 Å². The second kappa shape index (κ2) is 8.31. The van der Waals surface area contributed by atoms with Gasteiger partial charge in [-0.2, -0.15) is 0 Å². The summed E-state index contributed by atoms with van der Waals surface area (Å²) in [5.41, 5.74) is 2.73. The minimum Gasteiger partial charge on any atom is -0.492 e. The number of halogens is 1. The topological polar surface area (TPSA) is 56.5 Å². The number of benzene rings is 1. The fraction of sp³-hybridized carbons (Fsp3) is 0.500. The van der Waals surface area contributed by atoms with Gasteiger partial charge in [-0.15, -0.1) is 0 Å². The molecule has 3 N–H and O–H groups in total.